The standard InChI is InChI=1S/C28H26O4/c1-18(2)23-16-24-22(15-26(29)32-25(24)14-19(23)3)17-31-28(30)27(20-10-6-4-7-11-20)21-12-8-5-9-13-21/h4-16,18,27H,17H2,1-3H3. The zero-order valence-electron chi connectivity index (χ0n) is 18.5. The quantitative estimate of drug-likeness (QED) is 0.276. The van der Waals surface area contributed by atoms with Crippen molar-refractivity contribution >= 4 is 16.9 Å². The highest BCUT2D eigenvalue weighted by molar-refractivity contribution is 5.84. The van der Waals surface area contributed by atoms with Crippen molar-refractivity contribution in [1.29, 1.82) is 0 Å². The van der Waals surface area contributed by atoms with Gasteiger partial charge >= 0.3 is 11.6 Å². The Bertz CT molecular complexity index is 1250. The van der Waals surface area contributed by atoms with Gasteiger partial charge in [0.05, 0.1) is 0 Å². The molecule has 32 heavy (non-hydrogen) atoms. The molecule has 0 N–H and O–H groups in total. The van der Waals surface area contributed by atoms with E-state index in [4.69, 9.17) is 9.15 Å². The summed E-state index contributed by atoms with van der Waals surface area (Å²) in [5.41, 5.74) is 4.66. The Kier molecular flexibility index (Phi) is 6.22. The van der Waals surface area contributed by atoms with E-state index in [1.54, 1.807) is 0 Å². The molecule has 0 bridgehead atoms. The number of aryl methyl sites for hydroxylation is 1. The SMILES string of the molecule is Cc1cc2oc(=O)cc(COC(=O)C(c3ccccc3)c3ccccc3)c2cc1C(C)C. The summed E-state index contributed by atoms with van der Waals surface area (Å²) >= 11 is 0. The molecule has 4 rings (SSSR count). The smallest absolute Gasteiger partial charge is 0.336 e. The molecule has 1 aromatic heterocycles. The predicted octanol–water partition coefficient (Wildman–Crippen LogP) is 6.10. The average Bonchev–Trinajstić information content (AvgIpc) is 2.78. The van der Waals surface area contributed by atoms with Crippen LogP contribution < -0.4 is 5.63 Å². The highest BCUT2D eigenvalue weighted by Gasteiger charge is 2.24. The molecule has 0 aliphatic carbocycles. The van der Waals surface area contributed by atoms with Crippen LogP contribution in [-0.4, -0.2) is 5.97 Å². The van der Waals surface area contributed by atoms with Crippen molar-refractivity contribution < 1.29 is 13.9 Å². The molecule has 162 valence electrons. The number of carbonyl (C=O) groups is 1. The van der Waals surface area contributed by atoms with Gasteiger partial charge in [-0.15, -0.1) is 0 Å². The Morgan fingerprint density at radius 3 is 2.06 bits per heavy atom. The van der Waals surface area contributed by atoms with E-state index in [0.29, 0.717) is 17.1 Å². The van der Waals surface area contributed by atoms with Crippen LogP contribution in [0.25, 0.3) is 11.0 Å². The lowest BCUT2D eigenvalue weighted by Gasteiger charge is -2.18. The van der Waals surface area contributed by atoms with Crippen LogP contribution in [0.1, 0.15) is 53.5 Å². The third kappa shape index (κ3) is 4.50. The third-order valence-corrected chi connectivity index (χ3v) is 5.71. The molecule has 0 fully saturated rings. The Labute approximate surface area is 187 Å². The molecule has 0 spiro atoms. The molecule has 0 atom stereocenters. The summed E-state index contributed by atoms with van der Waals surface area (Å²) in [4.78, 5) is 25.4. The van der Waals surface area contributed by atoms with E-state index in [9.17, 15) is 9.59 Å². The second-order valence-electron chi connectivity index (χ2n) is 8.31. The minimum absolute atomic E-state index is 0.00229. The van der Waals surface area contributed by atoms with E-state index in [-0.39, 0.29) is 12.6 Å². The van der Waals surface area contributed by atoms with Crippen molar-refractivity contribution in [3.63, 3.8) is 0 Å². The van der Waals surface area contributed by atoms with Crippen LogP contribution in [0.5, 0.6) is 0 Å². The average molecular weight is 427 g/mol. The van der Waals surface area contributed by atoms with Crippen molar-refractivity contribution in [2.45, 2.75) is 39.2 Å². The van der Waals surface area contributed by atoms with Gasteiger partial charge in [0.15, 0.2) is 0 Å². The number of ether oxygens (including phenoxy) is 1. The lowest BCUT2D eigenvalue weighted by Crippen LogP contribution is -2.17. The van der Waals surface area contributed by atoms with Crippen LogP contribution in [0.3, 0.4) is 0 Å². The molecule has 0 radical (unpaired) electrons. The number of esters is 1. The van der Waals surface area contributed by atoms with Gasteiger partial charge in [-0.05, 0) is 47.2 Å². The van der Waals surface area contributed by atoms with E-state index in [2.05, 4.69) is 13.8 Å². The molecule has 4 aromatic rings. The number of fused-ring (bicyclic) bond motifs is 1. The summed E-state index contributed by atoms with van der Waals surface area (Å²) in [6.45, 7) is 6.25. The lowest BCUT2D eigenvalue weighted by molar-refractivity contribution is -0.145. The fraction of sp³-hybridized carbons (Fsp3) is 0.214. The summed E-state index contributed by atoms with van der Waals surface area (Å²) in [7, 11) is 0. The summed E-state index contributed by atoms with van der Waals surface area (Å²) < 4.78 is 11.2. The molecular formula is C28H26O4. The number of rotatable bonds is 6. The van der Waals surface area contributed by atoms with Crippen LogP contribution in [0.4, 0.5) is 0 Å². The first-order valence-corrected chi connectivity index (χ1v) is 10.8. The molecule has 0 saturated carbocycles. The maximum Gasteiger partial charge on any atom is 0.336 e. The van der Waals surface area contributed by atoms with Crippen molar-refractivity contribution in [3.8, 4) is 0 Å². The molecule has 0 unspecified atom stereocenters. The molecular weight excluding hydrogens is 400 g/mol. The molecule has 0 saturated heterocycles. The van der Waals surface area contributed by atoms with Crippen LogP contribution in [0.2, 0.25) is 0 Å². The largest absolute Gasteiger partial charge is 0.460 e. The summed E-state index contributed by atoms with van der Waals surface area (Å²) in [6.07, 6.45) is 0. The first-order chi connectivity index (χ1) is 15.4. The fourth-order valence-electron chi connectivity index (χ4n) is 4.12. The molecule has 0 aliphatic heterocycles. The van der Waals surface area contributed by atoms with E-state index >= 15 is 0 Å². The van der Waals surface area contributed by atoms with Crippen molar-refractivity contribution in [2.24, 2.45) is 0 Å². The van der Waals surface area contributed by atoms with Gasteiger partial charge in [0.1, 0.15) is 18.1 Å². The second-order valence-corrected chi connectivity index (χ2v) is 8.31. The van der Waals surface area contributed by atoms with Crippen LogP contribution in [0.15, 0.2) is 88.1 Å². The summed E-state index contributed by atoms with van der Waals surface area (Å²) in [5.74, 6) is -0.584. The predicted molar refractivity (Wildman–Crippen MR) is 126 cm³/mol. The van der Waals surface area contributed by atoms with Gasteiger partial charge in [0.25, 0.3) is 0 Å². The van der Waals surface area contributed by atoms with Gasteiger partial charge in [-0.3, -0.25) is 4.79 Å². The van der Waals surface area contributed by atoms with E-state index in [1.165, 1.54) is 11.6 Å². The lowest BCUT2D eigenvalue weighted by atomic mass is 9.91. The van der Waals surface area contributed by atoms with Gasteiger partial charge in [-0.2, -0.15) is 0 Å². The van der Waals surface area contributed by atoms with E-state index in [1.807, 2.05) is 79.7 Å². The minimum Gasteiger partial charge on any atom is -0.460 e. The third-order valence-electron chi connectivity index (χ3n) is 5.71. The highest BCUT2D eigenvalue weighted by atomic mass is 16.5. The topological polar surface area (TPSA) is 56.5 Å². The van der Waals surface area contributed by atoms with Crippen LogP contribution >= 0.6 is 0 Å². The second kappa shape index (κ2) is 9.23. The highest BCUT2D eigenvalue weighted by Crippen LogP contribution is 2.29. The van der Waals surface area contributed by atoms with Crippen LogP contribution in [-0.2, 0) is 16.1 Å². The molecule has 1 heterocycles. The van der Waals surface area contributed by atoms with Gasteiger partial charge in [0, 0.05) is 17.0 Å². The first-order valence-electron chi connectivity index (χ1n) is 10.8. The van der Waals surface area contributed by atoms with Gasteiger partial charge in [-0.25, -0.2) is 4.79 Å². The summed E-state index contributed by atoms with van der Waals surface area (Å²) in [6, 6.07) is 24.5. The first kappa shape index (κ1) is 21.6. The zero-order chi connectivity index (χ0) is 22.7. The zero-order valence-corrected chi connectivity index (χ0v) is 18.5. The van der Waals surface area contributed by atoms with Gasteiger partial charge < -0.3 is 9.15 Å². The van der Waals surface area contributed by atoms with Gasteiger partial charge in [0.2, 0.25) is 0 Å². The molecule has 4 heteroatoms. The monoisotopic (exact) mass is 426 g/mol. The number of hydrogen-bond donors (Lipinski definition) is 0. The Morgan fingerprint density at radius 1 is 0.906 bits per heavy atom. The minimum atomic E-state index is -0.544. The van der Waals surface area contributed by atoms with Crippen molar-refractivity contribution in [3.05, 3.63) is 117 Å². The maximum atomic E-state index is 13.2. The van der Waals surface area contributed by atoms with Crippen LogP contribution in [0, 0.1) is 6.92 Å². The molecule has 0 amide bonds. The number of benzene rings is 3. The van der Waals surface area contributed by atoms with E-state index in [0.717, 1.165) is 22.1 Å². The van der Waals surface area contributed by atoms with E-state index < -0.39 is 11.5 Å². The Balaban J connectivity index is 1.68. The number of hydrogen-bond acceptors (Lipinski definition) is 4. The Hall–Kier alpha value is -3.66. The normalized spacial score (nSPS) is 11.3. The number of carbonyl (C=O) groups excluding carboxylic acids is 1. The van der Waals surface area contributed by atoms with Crippen molar-refractivity contribution in [1.82, 2.24) is 0 Å². The molecule has 0 aliphatic rings. The maximum absolute atomic E-state index is 13.2. The molecule has 3 aromatic carbocycles. The molecule has 4 nitrogen and oxygen atoms in total. The fourth-order valence-corrected chi connectivity index (χ4v) is 4.12. The van der Waals surface area contributed by atoms with Gasteiger partial charge in [-0.1, -0.05) is 74.5 Å². The summed E-state index contributed by atoms with van der Waals surface area (Å²) in [5, 5.41) is 0.794. The van der Waals surface area contributed by atoms with Crippen molar-refractivity contribution in [2.75, 3.05) is 0 Å². The Morgan fingerprint density at radius 2 is 1.50 bits per heavy atom.